The number of aromatic amines is 1. The Kier molecular flexibility index (Phi) is 11.8. The molecule has 1 amide bonds. The Hall–Kier alpha value is -5.63. The molecule has 5 heterocycles. The van der Waals surface area contributed by atoms with Crippen molar-refractivity contribution in [2.75, 3.05) is 47.9 Å². The second kappa shape index (κ2) is 17.5. The Labute approximate surface area is 390 Å². The van der Waals surface area contributed by atoms with Crippen LogP contribution in [0, 0.1) is 26.2 Å². The molecule has 2 atom stereocenters. The van der Waals surface area contributed by atoms with Gasteiger partial charge in [-0.15, -0.1) is 0 Å². The fourth-order valence-electron chi connectivity index (χ4n) is 10.9. The third-order valence-electron chi connectivity index (χ3n) is 15.0. The third-order valence-corrected chi connectivity index (χ3v) is 18.0. The molecule has 17 nitrogen and oxygen atoms in total. The molecule has 0 bridgehead atoms. The number of benzene rings is 2. The van der Waals surface area contributed by atoms with E-state index >= 15 is 0 Å². The minimum atomic E-state index is -4.65. The summed E-state index contributed by atoms with van der Waals surface area (Å²) < 4.78 is 57.7. The first-order valence-electron chi connectivity index (χ1n) is 23.3. The van der Waals surface area contributed by atoms with E-state index in [1.54, 1.807) is 31.3 Å². The molecule has 5 aliphatic rings. The molecule has 0 radical (unpaired) electrons. The van der Waals surface area contributed by atoms with Gasteiger partial charge in [-0.3, -0.25) is 24.6 Å². The third kappa shape index (κ3) is 9.60. The van der Waals surface area contributed by atoms with E-state index in [0.29, 0.717) is 60.8 Å². The summed E-state index contributed by atoms with van der Waals surface area (Å²) in [5.41, 5.74) is 2.88. The number of hydrogen-bond acceptors (Lipinski definition) is 14. The summed E-state index contributed by atoms with van der Waals surface area (Å²) in [6.45, 7) is 4.35. The molecule has 10 rings (SSSR count). The molecule has 3 aromatic heterocycles. The molecule has 1 unspecified atom stereocenters. The lowest BCUT2D eigenvalue weighted by Crippen LogP contribution is -2.58. The number of amides is 1. The molecule has 3 aliphatic carbocycles. The first-order valence-corrected chi connectivity index (χ1v) is 26.7. The van der Waals surface area contributed by atoms with Gasteiger partial charge in [0.25, 0.3) is 15.9 Å². The van der Waals surface area contributed by atoms with Crippen LogP contribution in [0.3, 0.4) is 0 Å². The first kappa shape index (κ1) is 45.2. The summed E-state index contributed by atoms with van der Waals surface area (Å²) in [4.78, 5) is 41.2. The highest BCUT2D eigenvalue weighted by Crippen LogP contribution is 2.54. The van der Waals surface area contributed by atoms with E-state index in [1.165, 1.54) is 36.2 Å². The lowest BCUT2D eigenvalue weighted by atomic mass is 9.59. The van der Waals surface area contributed by atoms with Crippen molar-refractivity contribution >= 4 is 53.9 Å². The maximum atomic E-state index is 14.0. The van der Waals surface area contributed by atoms with Crippen molar-refractivity contribution < 1.29 is 32.2 Å². The van der Waals surface area contributed by atoms with Crippen molar-refractivity contribution in [3.63, 3.8) is 0 Å². The Morgan fingerprint density at radius 2 is 1.75 bits per heavy atom. The Bertz CT molecular complexity index is 2930. The maximum absolute atomic E-state index is 14.0. The van der Waals surface area contributed by atoms with Crippen LogP contribution in [0.4, 0.5) is 17.2 Å². The van der Waals surface area contributed by atoms with Gasteiger partial charge in [-0.1, -0.05) is 24.3 Å². The van der Waals surface area contributed by atoms with Crippen LogP contribution in [0.2, 0.25) is 0 Å². The lowest BCUT2D eigenvalue weighted by molar-refractivity contribution is -0.384. The molecule has 67 heavy (non-hydrogen) atoms. The van der Waals surface area contributed by atoms with Crippen LogP contribution in [0.25, 0.3) is 11.0 Å². The Morgan fingerprint density at radius 1 is 1.00 bits per heavy atom. The summed E-state index contributed by atoms with van der Waals surface area (Å²) >= 11 is 0. The highest BCUT2D eigenvalue weighted by atomic mass is 32.2. The van der Waals surface area contributed by atoms with Gasteiger partial charge in [0.05, 0.1) is 34.2 Å². The molecular weight excluding hydrogens is 895 g/mol. The van der Waals surface area contributed by atoms with Gasteiger partial charge < -0.3 is 25.0 Å². The van der Waals surface area contributed by atoms with Gasteiger partial charge in [-0.25, -0.2) is 27.3 Å². The Morgan fingerprint density at radius 3 is 2.48 bits per heavy atom. The molecule has 2 aromatic carbocycles. The van der Waals surface area contributed by atoms with Crippen LogP contribution in [-0.2, 0) is 19.8 Å². The zero-order valence-corrected chi connectivity index (χ0v) is 39.1. The first-order chi connectivity index (χ1) is 32.0. The highest BCUT2D eigenvalue weighted by Gasteiger charge is 2.50. The molecular formula is C48H57N9O8S2. The summed E-state index contributed by atoms with van der Waals surface area (Å²) in [6.07, 6.45) is 13.3. The number of nitrogens with one attached hydrogen (secondary N) is 4. The van der Waals surface area contributed by atoms with E-state index in [4.69, 9.17) is 9.52 Å². The maximum Gasteiger partial charge on any atom is 0.312 e. The van der Waals surface area contributed by atoms with E-state index in [1.807, 2.05) is 6.07 Å². The van der Waals surface area contributed by atoms with E-state index in [9.17, 15) is 32.6 Å². The van der Waals surface area contributed by atoms with Crippen molar-refractivity contribution in [1.82, 2.24) is 24.6 Å². The number of sulfonamides is 1. The number of ether oxygens (including phenoxy) is 1. The number of H-pyrrole nitrogens is 1. The van der Waals surface area contributed by atoms with Crippen molar-refractivity contribution in [3.8, 4) is 11.5 Å². The SMILES string of the molecule is CC1(O)CCC(CNc2ncc(S(=O)(=O)NC(=O)c3ccc(N4CCC5(CC4)CC(N4CCS(=N)(=O)C[C@H]4c4ccccc4C4CC4)C5)cc3Oc3cnc4[nH]ccc4c3)cc2[N+](=O)[O-])CC1. The molecule has 3 saturated carbocycles. The summed E-state index contributed by atoms with van der Waals surface area (Å²) in [7, 11) is -7.30. The number of carbonyl (C=O) groups is 1. The summed E-state index contributed by atoms with van der Waals surface area (Å²) in [5.74, 6) is 0.860. The van der Waals surface area contributed by atoms with E-state index in [0.717, 1.165) is 75.0 Å². The lowest BCUT2D eigenvalue weighted by Gasteiger charge is -2.57. The number of aliphatic hydroxyl groups is 1. The predicted molar refractivity (Wildman–Crippen MR) is 255 cm³/mol. The van der Waals surface area contributed by atoms with Gasteiger partial charge in [0.2, 0.25) is 5.82 Å². The number of pyridine rings is 2. The van der Waals surface area contributed by atoms with Crippen molar-refractivity contribution in [2.24, 2.45) is 11.3 Å². The monoisotopic (exact) mass is 951 g/mol. The van der Waals surface area contributed by atoms with Gasteiger partial charge in [-0.2, -0.15) is 0 Å². The standard InChI is InChI=1S/C48H57N9O8S2/c1-47(59)13-10-31(11-14-47)27-51-45-41(57(60)61)24-37(29-53-45)67(63,64)54-46(58)40-9-8-34(23-43(40)65-36-22-33-12-17-50-44(33)52-28-36)55-18-15-48(16-19-55)25-35(26-48)56-20-21-66(49,62)30-42(56)39-5-3-2-4-38(39)32-6-7-32/h2-5,8-9,12,17,22-24,28-29,31-32,35,42,49,59H,6-7,10-11,13-16,18-21,25-27,30H2,1H3,(H,50,52)(H,51,53)(H,54,58)/t31?,42-,47?,66?/m0/s1. The highest BCUT2D eigenvalue weighted by molar-refractivity contribution is 7.92. The van der Waals surface area contributed by atoms with Gasteiger partial charge in [-0.05, 0) is 124 Å². The minimum absolute atomic E-state index is 0.00842. The fraction of sp³-hybridized carbons (Fsp3) is 0.479. The largest absolute Gasteiger partial charge is 0.455 e. The predicted octanol–water partition coefficient (Wildman–Crippen LogP) is 7.86. The number of hydrogen-bond donors (Lipinski definition) is 5. The zero-order valence-electron chi connectivity index (χ0n) is 37.5. The topological polar surface area (TPSA) is 237 Å². The van der Waals surface area contributed by atoms with Gasteiger partial charge in [0.15, 0.2) is 0 Å². The van der Waals surface area contributed by atoms with Crippen molar-refractivity contribution in [3.05, 3.63) is 106 Å². The number of carbonyl (C=O) groups excluding carboxylic acids is 1. The molecule has 5 N–H and O–H groups in total. The number of anilines is 2. The van der Waals surface area contributed by atoms with Gasteiger partial charge >= 0.3 is 5.69 Å². The number of nitro groups is 1. The van der Waals surface area contributed by atoms with E-state index in [2.05, 4.69) is 59.1 Å². The molecule has 1 spiro atoms. The van der Waals surface area contributed by atoms with Gasteiger partial charge in [0, 0.05) is 83.1 Å². The van der Waals surface area contributed by atoms with Crippen LogP contribution < -0.4 is 19.7 Å². The summed E-state index contributed by atoms with van der Waals surface area (Å²) in [6, 6.07) is 18.5. The number of aromatic nitrogens is 3. The van der Waals surface area contributed by atoms with Crippen LogP contribution in [0.15, 0.2) is 84.1 Å². The average Bonchev–Trinajstić information content (AvgIpc) is 4.04. The van der Waals surface area contributed by atoms with Crippen molar-refractivity contribution in [2.45, 2.75) is 99.6 Å². The smallest absolute Gasteiger partial charge is 0.312 e. The molecule has 5 aromatic rings. The second-order valence-electron chi connectivity index (χ2n) is 19.8. The summed E-state index contributed by atoms with van der Waals surface area (Å²) in [5, 5.41) is 26.2. The average molecular weight is 952 g/mol. The van der Waals surface area contributed by atoms with Crippen LogP contribution in [0.5, 0.6) is 11.5 Å². The number of rotatable bonds is 13. The number of nitrogens with zero attached hydrogens (tertiary/aromatic N) is 5. The Balaban J connectivity index is 0.840. The molecule has 19 heteroatoms. The second-order valence-corrected chi connectivity index (χ2v) is 23.9. The molecule has 5 fully saturated rings. The molecule has 354 valence electrons. The van der Waals surface area contributed by atoms with Crippen LogP contribution in [0.1, 0.15) is 105 Å². The fourth-order valence-corrected chi connectivity index (χ4v) is 13.4. The van der Waals surface area contributed by atoms with E-state index < -0.39 is 46.8 Å². The van der Waals surface area contributed by atoms with Gasteiger partial charge in [0.1, 0.15) is 22.0 Å². The van der Waals surface area contributed by atoms with E-state index in [-0.39, 0.29) is 34.5 Å². The zero-order chi connectivity index (χ0) is 46.7. The molecule has 2 saturated heterocycles. The van der Waals surface area contributed by atoms with Crippen molar-refractivity contribution in [1.29, 1.82) is 4.78 Å². The van der Waals surface area contributed by atoms with Crippen LogP contribution >= 0.6 is 0 Å². The molecule has 2 aliphatic heterocycles. The normalized spacial score (nSPS) is 25.7. The quantitative estimate of drug-likeness (QED) is 0.0559. The van der Waals surface area contributed by atoms with Crippen LogP contribution in [-0.4, -0.2) is 97.7 Å². The minimum Gasteiger partial charge on any atom is -0.455 e. The number of piperidine rings is 1. The number of fused-ring (bicyclic) bond motifs is 1.